The van der Waals surface area contributed by atoms with Crippen molar-refractivity contribution >= 4 is 17.5 Å². The first-order valence-electron chi connectivity index (χ1n) is 8.25. The summed E-state index contributed by atoms with van der Waals surface area (Å²) < 4.78 is 5.74. The second-order valence-corrected chi connectivity index (χ2v) is 6.94. The molecule has 4 nitrogen and oxygen atoms in total. The second kappa shape index (κ2) is 6.46. The Hall–Kier alpha value is -2.04. The van der Waals surface area contributed by atoms with E-state index in [4.69, 9.17) is 16.3 Å². The van der Waals surface area contributed by atoms with Crippen LogP contribution in [-0.4, -0.2) is 24.5 Å². The molecule has 3 unspecified atom stereocenters. The summed E-state index contributed by atoms with van der Waals surface area (Å²) in [5.41, 5.74) is 0.657. The lowest BCUT2D eigenvalue weighted by Crippen LogP contribution is -2.44. The maximum absolute atomic E-state index is 12.4. The first-order chi connectivity index (χ1) is 11.7. The number of piperidine rings is 1. The summed E-state index contributed by atoms with van der Waals surface area (Å²) in [6.07, 6.45) is 2.21. The average molecular weight is 343 g/mol. The molecule has 2 aromatic carbocycles. The summed E-state index contributed by atoms with van der Waals surface area (Å²) in [6.45, 7) is 1.02. The summed E-state index contributed by atoms with van der Waals surface area (Å²) in [5.74, 6) is 1.92. The van der Waals surface area contributed by atoms with Gasteiger partial charge in [-0.25, -0.2) is 0 Å². The number of rotatable bonds is 4. The summed E-state index contributed by atoms with van der Waals surface area (Å²) in [4.78, 5) is 12.4. The van der Waals surface area contributed by atoms with E-state index >= 15 is 0 Å². The van der Waals surface area contributed by atoms with Gasteiger partial charge in [-0.3, -0.25) is 4.79 Å². The molecule has 2 N–H and O–H groups in total. The van der Waals surface area contributed by atoms with Gasteiger partial charge in [0.25, 0.3) is 5.91 Å². The van der Waals surface area contributed by atoms with Crippen LogP contribution < -0.4 is 15.4 Å². The molecule has 1 saturated carbocycles. The minimum absolute atomic E-state index is 0.0122. The molecule has 1 heterocycles. The number of hydrogen-bond acceptors (Lipinski definition) is 3. The highest BCUT2D eigenvalue weighted by molar-refractivity contribution is 6.30. The molecule has 2 bridgehead atoms. The number of halogens is 1. The van der Waals surface area contributed by atoms with E-state index in [-0.39, 0.29) is 5.91 Å². The number of benzene rings is 2. The lowest BCUT2D eigenvalue weighted by atomic mass is 10.0. The summed E-state index contributed by atoms with van der Waals surface area (Å²) in [7, 11) is 0. The van der Waals surface area contributed by atoms with Gasteiger partial charge in [-0.1, -0.05) is 17.7 Å². The Balaban J connectivity index is 1.39. The zero-order valence-electron chi connectivity index (χ0n) is 13.2. The van der Waals surface area contributed by atoms with Crippen molar-refractivity contribution in [1.82, 2.24) is 10.6 Å². The second-order valence-electron chi connectivity index (χ2n) is 6.50. The van der Waals surface area contributed by atoms with E-state index < -0.39 is 0 Å². The van der Waals surface area contributed by atoms with Crippen LogP contribution in [0.3, 0.4) is 0 Å². The molecule has 0 aromatic heterocycles. The van der Waals surface area contributed by atoms with Crippen LogP contribution in [0, 0.1) is 5.92 Å². The number of ether oxygens (including phenoxy) is 1. The Morgan fingerprint density at radius 2 is 1.96 bits per heavy atom. The predicted octanol–water partition coefficient (Wildman–Crippen LogP) is 3.61. The molecule has 2 aliphatic rings. The number of nitrogens with one attached hydrogen (secondary N) is 2. The monoisotopic (exact) mass is 342 g/mol. The molecule has 3 atom stereocenters. The average Bonchev–Trinajstić information content (AvgIpc) is 3.18. The van der Waals surface area contributed by atoms with Crippen molar-refractivity contribution in [2.24, 2.45) is 5.92 Å². The molecule has 1 amide bonds. The van der Waals surface area contributed by atoms with Crippen molar-refractivity contribution in [2.75, 3.05) is 6.54 Å². The Bertz CT molecular complexity index is 747. The number of fused-ring (bicyclic) bond motifs is 2. The fraction of sp³-hybridized carbons (Fsp3) is 0.316. The molecular formula is C19H19ClN2O2. The van der Waals surface area contributed by atoms with Gasteiger partial charge in [0.2, 0.25) is 0 Å². The molecule has 2 aromatic rings. The van der Waals surface area contributed by atoms with Gasteiger partial charge in [0.1, 0.15) is 11.5 Å². The van der Waals surface area contributed by atoms with Crippen LogP contribution in [0.4, 0.5) is 0 Å². The normalized spacial score (nSPS) is 24.8. The zero-order valence-corrected chi connectivity index (χ0v) is 13.9. The standard InChI is InChI=1S/C19H19ClN2O2/c20-14-2-1-3-17(9-14)24-16-6-4-12(5-7-16)19(23)22-18-10-15-8-13(18)11-21-15/h1-7,9,13,15,18,21H,8,10-11H2,(H,22,23). The first-order valence-corrected chi connectivity index (χ1v) is 8.63. The molecule has 0 radical (unpaired) electrons. The molecule has 1 saturated heterocycles. The zero-order chi connectivity index (χ0) is 16.5. The Morgan fingerprint density at radius 3 is 2.62 bits per heavy atom. The predicted molar refractivity (Wildman–Crippen MR) is 93.7 cm³/mol. The van der Waals surface area contributed by atoms with Gasteiger partial charge in [0, 0.05) is 29.2 Å². The van der Waals surface area contributed by atoms with Gasteiger partial charge >= 0.3 is 0 Å². The van der Waals surface area contributed by atoms with Crippen LogP contribution in [0.1, 0.15) is 23.2 Å². The smallest absolute Gasteiger partial charge is 0.251 e. The number of carbonyl (C=O) groups is 1. The van der Waals surface area contributed by atoms with E-state index in [0.29, 0.717) is 40.1 Å². The van der Waals surface area contributed by atoms with Crippen LogP contribution in [0.25, 0.3) is 0 Å². The van der Waals surface area contributed by atoms with Crippen LogP contribution in [0.5, 0.6) is 11.5 Å². The molecule has 24 heavy (non-hydrogen) atoms. The third-order valence-corrected chi connectivity index (χ3v) is 5.06. The van der Waals surface area contributed by atoms with Crippen LogP contribution >= 0.6 is 11.6 Å². The SMILES string of the molecule is O=C(NC1CC2CC1CN2)c1ccc(Oc2cccc(Cl)c2)cc1. The van der Waals surface area contributed by atoms with E-state index in [1.54, 1.807) is 36.4 Å². The molecule has 0 spiro atoms. The van der Waals surface area contributed by atoms with Crippen molar-refractivity contribution in [3.63, 3.8) is 0 Å². The summed E-state index contributed by atoms with van der Waals surface area (Å²) in [5, 5.41) is 7.25. The third-order valence-electron chi connectivity index (χ3n) is 4.83. The van der Waals surface area contributed by atoms with E-state index in [0.717, 1.165) is 13.0 Å². The van der Waals surface area contributed by atoms with Crippen molar-refractivity contribution in [3.05, 3.63) is 59.1 Å². The topological polar surface area (TPSA) is 50.4 Å². The minimum Gasteiger partial charge on any atom is -0.457 e. The van der Waals surface area contributed by atoms with Crippen molar-refractivity contribution in [2.45, 2.75) is 24.9 Å². The molecule has 1 aliphatic carbocycles. The molecule has 1 aliphatic heterocycles. The fourth-order valence-electron chi connectivity index (χ4n) is 3.60. The third kappa shape index (κ3) is 3.25. The molecule has 2 fully saturated rings. The van der Waals surface area contributed by atoms with Crippen LogP contribution in [0.2, 0.25) is 5.02 Å². The van der Waals surface area contributed by atoms with Gasteiger partial charge in [0.05, 0.1) is 0 Å². The lowest BCUT2D eigenvalue weighted by Gasteiger charge is -2.23. The largest absolute Gasteiger partial charge is 0.457 e. The van der Waals surface area contributed by atoms with E-state index in [1.807, 2.05) is 12.1 Å². The van der Waals surface area contributed by atoms with Gasteiger partial charge in [-0.05, 0) is 61.2 Å². The van der Waals surface area contributed by atoms with Crippen molar-refractivity contribution < 1.29 is 9.53 Å². The van der Waals surface area contributed by atoms with E-state index in [2.05, 4.69) is 10.6 Å². The highest BCUT2D eigenvalue weighted by Crippen LogP contribution is 2.31. The highest BCUT2D eigenvalue weighted by Gasteiger charge is 2.39. The quantitative estimate of drug-likeness (QED) is 0.892. The van der Waals surface area contributed by atoms with E-state index in [1.165, 1.54) is 6.42 Å². The van der Waals surface area contributed by atoms with Crippen LogP contribution in [0.15, 0.2) is 48.5 Å². The fourth-order valence-corrected chi connectivity index (χ4v) is 3.78. The first kappa shape index (κ1) is 15.5. The van der Waals surface area contributed by atoms with Gasteiger partial charge in [-0.15, -0.1) is 0 Å². The van der Waals surface area contributed by atoms with Crippen molar-refractivity contribution in [1.29, 1.82) is 0 Å². The van der Waals surface area contributed by atoms with Crippen molar-refractivity contribution in [3.8, 4) is 11.5 Å². The Morgan fingerprint density at radius 1 is 1.12 bits per heavy atom. The van der Waals surface area contributed by atoms with Crippen LogP contribution in [-0.2, 0) is 0 Å². The molecule has 124 valence electrons. The number of amides is 1. The number of hydrogen-bond donors (Lipinski definition) is 2. The van der Waals surface area contributed by atoms with E-state index in [9.17, 15) is 4.79 Å². The van der Waals surface area contributed by atoms with Gasteiger partial charge < -0.3 is 15.4 Å². The maximum Gasteiger partial charge on any atom is 0.251 e. The van der Waals surface area contributed by atoms with Gasteiger partial charge in [-0.2, -0.15) is 0 Å². The molecular weight excluding hydrogens is 324 g/mol. The highest BCUT2D eigenvalue weighted by atomic mass is 35.5. The summed E-state index contributed by atoms with van der Waals surface area (Å²) >= 11 is 5.95. The molecule has 4 rings (SSSR count). The van der Waals surface area contributed by atoms with Gasteiger partial charge in [0.15, 0.2) is 0 Å². The lowest BCUT2D eigenvalue weighted by molar-refractivity contribution is 0.0925. The number of carbonyl (C=O) groups excluding carboxylic acids is 1. The summed E-state index contributed by atoms with van der Waals surface area (Å²) in [6, 6.07) is 15.3. The Kier molecular flexibility index (Phi) is 4.17. The molecule has 5 heteroatoms. The minimum atomic E-state index is -0.0122. The Labute approximate surface area is 146 Å². The maximum atomic E-state index is 12.4.